The van der Waals surface area contributed by atoms with Gasteiger partial charge in [-0.05, 0) is 48.5 Å². The molecule has 0 aliphatic heterocycles. The number of rotatable bonds is 6. The van der Waals surface area contributed by atoms with E-state index >= 15 is 0 Å². The second kappa shape index (κ2) is 7.12. The molecule has 0 saturated heterocycles. The van der Waals surface area contributed by atoms with Crippen LogP contribution in [0.4, 0.5) is 4.39 Å². The van der Waals surface area contributed by atoms with Crippen molar-refractivity contribution >= 4 is 11.6 Å². The van der Waals surface area contributed by atoms with Crippen LogP contribution >= 0.6 is 11.6 Å². The average molecular weight is 297 g/mol. The lowest BCUT2D eigenvalue weighted by atomic mass is 10.3. The lowest BCUT2D eigenvalue weighted by Crippen LogP contribution is -2.25. The molecule has 0 fully saturated rings. The zero-order valence-corrected chi connectivity index (χ0v) is 11.4. The molecule has 0 amide bonds. The lowest BCUT2D eigenvalue weighted by Gasteiger charge is -2.13. The molecule has 0 unspecified atom stereocenters. The summed E-state index contributed by atoms with van der Waals surface area (Å²) in [6, 6.07) is 12.4. The SMILES string of the molecule is O[C@@H](COc1ccc(F)cc1)COc1ccc(Cl)cc1. The van der Waals surface area contributed by atoms with Gasteiger partial charge in [-0.15, -0.1) is 0 Å². The van der Waals surface area contributed by atoms with Crippen LogP contribution in [0.5, 0.6) is 11.5 Å². The summed E-state index contributed by atoms with van der Waals surface area (Å²) in [5.74, 6) is 0.788. The number of aliphatic hydroxyl groups is 1. The number of hydrogen-bond donors (Lipinski definition) is 1. The first-order chi connectivity index (χ1) is 9.63. The van der Waals surface area contributed by atoms with E-state index in [1.165, 1.54) is 24.3 Å². The van der Waals surface area contributed by atoms with E-state index in [1.807, 2.05) is 0 Å². The smallest absolute Gasteiger partial charge is 0.123 e. The Bertz CT molecular complexity index is 478. The van der Waals surface area contributed by atoms with E-state index in [2.05, 4.69) is 0 Å². The fraction of sp³-hybridized carbons (Fsp3) is 0.200. The summed E-state index contributed by atoms with van der Waals surface area (Å²) in [4.78, 5) is 0. The molecule has 0 aromatic heterocycles. The summed E-state index contributed by atoms with van der Waals surface area (Å²) >= 11 is 5.75. The maximum Gasteiger partial charge on any atom is 0.123 e. The Balaban J connectivity index is 1.73. The van der Waals surface area contributed by atoms with Gasteiger partial charge in [-0.3, -0.25) is 0 Å². The van der Waals surface area contributed by atoms with Gasteiger partial charge in [0.2, 0.25) is 0 Å². The summed E-state index contributed by atoms with van der Waals surface area (Å²) < 4.78 is 23.4. The molecule has 106 valence electrons. The van der Waals surface area contributed by atoms with Crippen LogP contribution in [0.2, 0.25) is 5.02 Å². The van der Waals surface area contributed by atoms with Crippen LogP contribution in [0.3, 0.4) is 0 Å². The molecule has 0 bridgehead atoms. The molecule has 2 aromatic carbocycles. The minimum Gasteiger partial charge on any atom is -0.491 e. The van der Waals surface area contributed by atoms with Crippen molar-refractivity contribution in [2.75, 3.05) is 13.2 Å². The monoisotopic (exact) mass is 296 g/mol. The van der Waals surface area contributed by atoms with Gasteiger partial charge in [0.05, 0.1) is 0 Å². The molecule has 0 radical (unpaired) electrons. The van der Waals surface area contributed by atoms with E-state index in [9.17, 15) is 9.50 Å². The summed E-state index contributed by atoms with van der Waals surface area (Å²) in [7, 11) is 0. The van der Waals surface area contributed by atoms with E-state index in [0.29, 0.717) is 16.5 Å². The largest absolute Gasteiger partial charge is 0.491 e. The predicted molar refractivity (Wildman–Crippen MR) is 74.8 cm³/mol. The Morgan fingerprint density at radius 1 is 0.900 bits per heavy atom. The molecule has 3 nitrogen and oxygen atoms in total. The Morgan fingerprint density at radius 3 is 1.85 bits per heavy atom. The highest BCUT2D eigenvalue weighted by molar-refractivity contribution is 6.30. The van der Waals surface area contributed by atoms with Gasteiger partial charge in [-0.2, -0.15) is 0 Å². The molecule has 20 heavy (non-hydrogen) atoms. The molecule has 0 spiro atoms. The van der Waals surface area contributed by atoms with Crippen LogP contribution < -0.4 is 9.47 Å². The maximum absolute atomic E-state index is 12.7. The van der Waals surface area contributed by atoms with Crippen molar-refractivity contribution in [2.45, 2.75) is 6.10 Å². The van der Waals surface area contributed by atoms with Crippen molar-refractivity contribution in [3.8, 4) is 11.5 Å². The highest BCUT2D eigenvalue weighted by Crippen LogP contribution is 2.16. The summed E-state index contributed by atoms with van der Waals surface area (Å²) in [6.45, 7) is 0.169. The second-order valence-corrected chi connectivity index (χ2v) is 4.62. The highest BCUT2D eigenvalue weighted by atomic mass is 35.5. The van der Waals surface area contributed by atoms with Crippen molar-refractivity contribution in [3.05, 3.63) is 59.4 Å². The first-order valence-corrected chi connectivity index (χ1v) is 6.46. The predicted octanol–water partition coefficient (Wildman–Crippen LogP) is 3.30. The molecule has 2 rings (SSSR count). The van der Waals surface area contributed by atoms with Gasteiger partial charge >= 0.3 is 0 Å². The van der Waals surface area contributed by atoms with Crippen molar-refractivity contribution < 1.29 is 19.0 Å². The van der Waals surface area contributed by atoms with Crippen LogP contribution in [0.15, 0.2) is 48.5 Å². The standard InChI is InChI=1S/C15H14ClFO3/c16-11-1-5-14(6-2-11)19-9-13(18)10-20-15-7-3-12(17)4-8-15/h1-8,13,18H,9-10H2/t13-/m1/s1. The first-order valence-electron chi connectivity index (χ1n) is 6.08. The van der Waals surface area contributed by atoms with E-state index in [4.69, 9.17) is 21.1 Å². The number of hydrogen-bond acceptors (Lipinski definition) is 3. The van der Waals surface area contributed by atoms with Gasteiger partial charge in [0, 0.05) is 5.02 Å². The van der Waals surface area contributed by atoms with E-state index < -0.39 is 6.10 Å². The maximum atomic E-state index is 12.7. The Kier molecular flexibility index (Phi) is 5.21. The molecule has 2 aromatic rings. The number of halogens is 2. The van der Waals surface area contributed by atoms with Crippen molar-refractivity contribution in [1.82, 2.24) is 0 Å². The molecule has 0 aliphatic rings. The fourth-order valence-electron chi connectivity index (χ4n) is 1.49. The molecule has 0 saturated carbocycles. The lowest BCUT2D eigenvalue weighted by molar-refractivity contribution is 0.0626. The molecular weight excluding hydrogens is 283 g/mol. The topological polar surface area (TPSA) is 38.7 Å². The van der Waals surface area contributed by atoms with Crippen LogP contribution in [0.1, 0.15) is 0 Å². The quantitative estimate of drug-likeness (QED) is 0.889. The molecule has 1 N–H and O–H groups in total. The minimum absolute atomic E-state index is 0.0687. The van der Waals surface area contributed by atoms with Crippen LogP contribution in [-0.2, 0) is 0 Å². The zero-order chi connectivity index (χ0) is 14.4. The summed E-state index contributed by atoms with van der Waals surface area (Å²) in [6.07, 6.45) is -0.782. The normalized spacial score (nSPS) is 11.9. The van der Waals surface area contributed by atoms with Gasteiger partial charge in [0.1, 0.15) is 36.6 Å². The average Bonchev–Trinajstić information content (AvgIpc) is 2.46. The van der Waals surface area contributed by atoms with Gasteiger partial charge in [-0.25, -0.2) is 4.39 Å². The third-order valence-corrected chi connectivity index (χ3v) is 2.76. The third kappa shape index (κ3) is 4.72. The molecule has 0 heterocycles. The zero-order valence-electron chi connectivity index (χ0n) is 10.6. The number of ether oxygens (including phenoxy) is 2. The minimum atomic E-state index is -0.782. The van der Waals surface area contributed by atoms with Crippen molar-refractivity contribution in [1.29, 1.82) is 0 Å². The highest BCUT2D eigenvalue weighted by Gasteiger charge is 2.07. The Morgan fingerprint density at radius 2 is 1.35 bits per heavy atom. The molecule has 1 atom stereocenters. The van der Waals surface area contributed by atoms with Gasteiger partial charge in [0.15, 0.2) is 0 Å². The van der Waals surface area contributed by atoms with Gasteiger partial charge < -0.3 is 14.6 Å². The summed E-state index contributed by atoms with van der Waals surface area (Å²) in [5, 5.41) is 10.4. The van der Waals surface area contributed by atoms with E-state index in [-0.39, 0.29) is 19.0 Å². The van der Waals surface area contributed by atoms with Gasteiger partial charge in [-0.1, -0.05) is 11.6 Å². The Hall–Kier alpha value is -1.78. The first kappa shape index (κ1) is 14.6. The second-order valence-electron chi connectivity index (χ2n) is 4.18. The third-order valence-electron chi connectivity index (χ3n) is 2.51. The molecular formula is C15H14ClFO3. The van der Waals surface area contributed by atoms with Crippen molar-refractivity contribution in [2.24, 2.45) is 0 Å². The van der Waals surface area contributed by atoms with Crippen LogP contribution in [-0.4, -0.2) is 24.4 Å². The van der Waals surface area contributed by atoms with E-state index in [1.54, 1.807) is 24.3 Å². The Labute approximate surface area is 121 Å². The molecule has 5 heteroatoms. The fourth-order valence-corrected chi connectivity index (χ4v) is 1.62. The van der Waals surface area contributed by atoms with Crippen molar-refractivity contribution in [3.63, 3.8) is 0 Å². The van der Waals surface area contributed by atoms with Gasteiger partial charge in [0.25, 0.3) is 0 Å². The van der Waals surface area contributed by atoms with E-state index in [0.717, 1.165) is 0 Å². The number of benzene rings is 2. The molecule has 0 aliphatic carbocycles. The van der Waals surface area contributed by atoms with Crippen LogP contribution in [0, 0.1) is 5.82 Å². The van der Waals surface area contributed by atoms with Crippen LogP contribution in [0.25, 0.3) is 0 Å². The summed E-state index contributed by atoms with van der Waals surface area (Å²) in [5.41, 5.74) is 0. The number of aliphatic hydroxyl groups excluding tert-OH is 1.